The van der Waals surface area contributed by atoms with Gasteiger partial charge in [0.1, 0.15) is 18.9 Å². The van der Waals surface area contributed by atoms with Gasteiger partial charge in [0.05, 0.1) is 11.4 Å². The fourth-order valence-electron chi connectivity index (χ4n) is 4.92. The van der Waals surface area contributed by atoms with Crippen molar-refractivity contribution in [3.63, 3.8) is 0 Å². The molecular formula is C24H26N2O3. The van der Waals surface area contributed by atoms with Gasteiger partial charge in [-0.3, -0.25) is 4.79 Å². The standard InChI is InChI=1S/C24H26N2O3/c1-5-15-10-17-14(2)13-24(3,4)26-22(17)18(11-15)21(23(26)27)25-16-6-7-19-20(12-16)29-9-8-28-19/h6-7,10-12,14H,5,8-9,13H2,1-4H3/t14-/m1/s1. The number of nitrogens with zero attached hydrogens (tertiary/aromatic N) is 2. The van der Waals surface area contributed by atoms with Gasteiger partial charge in [-0.1, -0.05) is 19.9 Å². The highest BCUT2D eigenvalue weighted by Crippen LogP contribution is 2.49. The fraction of sp³-hybridized carbons (Fsp3) is 0.417. The van der Waals surface area contributed by atoms with Gasteiger partial charge in [-0.15, -0.1) is 0 Å². The minimum absolute atomic E-state index is 0.0127. The first kappa shape index (κ1) is 18.2. The number of aliphatic imine (C=N–C) groups is 1. The van der Waals surface area contributed by atoms with E-state index in [0.717, 1.165) is 29.8 Å². The number of rotatable bonds is 2. The van der Waals surface area contributed by atoms with Gasteiger partial charge in [0.25, 0.3) is 5.91 Å². The van der Waals surface area contributed by atoms with E-state index in [9.17, 15) is 4.79 Å². The quantitative estimate of drug-likeness (QED) is 0.742. The van der Waals surface area contributed by atoms with Crippen LogP contribution in [0, 0.1) is 0 Å². The van der Waals surface area contributed by atoms with Crippen LogP contribution in [0.1, 0.15) is 56.7 Å². The lowest BCUT2D eigenvalue weighted by atomic mass is 9.79. The van der Waals surface area contributed by atoms with Crippen LogP contribution in [-0.4, -0.2) is 30.4 Å². The molecule has 5 rings (SSSR count). The van der Waals surface area contributed by atoms with Crippen molar-refractivity contribution in [1.82, 2.24) is 0 Å². The third-order valence-electron chi connectivity index (χ3n) is 6.20. The maximum atomic E-state index is 13.5. The molecular weight excluding hydrogens is 364 g/mol. The van der Waals surface area contributed by atoms with E-state index in [0.29, 0.717) is 36.3 Å². The minimum Gasteiger partial charge on any atom is -0.486 e. The number of fused-ring (bicyclic) bond motifs is 1. The number of carbonyl (C=O) groups excluding carboxylic acids is 1. The molecule has 3 aliphatic heterocycles. The lowest BCUT2D eigenvalue weighted by Gasteiger charge is -2.43. The molecule has 0 saturated carbocycles. The summed E-state index contributed by atoms with van der Waals surface area (Å²) in [6, 6.07) is 10.0. The molecule has 0 N–H and O–H groups in total. The first-order valence-electron chi connectivity index (χ1n) is 10.4. The topological polar surface area (TPSA) is 51.1 Å². The van der Waals surface area contributed by atoms with Crippen molar-refractivity contribution in [3.8, 4) is 11.5 Å². The second-order valence-electron chi connectivity index (χ2n) is 8.78. The Labute approximate surface area is 171 Å². The monoisotopic (exact) mass is 390 g/mol. The summed E-state index contributed by atoms with van der Waals surface area (Å²) in [5.41, 5.74) is 5.51. The van der Waals surface area contributed by atoms with E-state index in [-0.39, 0.29) is 11.4 Å². The van der Waals surface area contributed by atoms with Gasteiger partial charge in [-0.05, 0) is 61.9 Å². The smallest absolute Gasteiger partial charge is 0.278 e. The first-order chi connectivity index (χ1) is 13.9. The second-order valence-corrected chi connectivity index (χ2v) is 8.78. The molecule has 0 unspecified atom stereocenters. The molecule has 0 bridgehead atoms. The van der Waals surface area contributed by atoms with E-state index >= 15 is 0 Å². The van der Waals surface area contributed by atoms with Crippen LogP contribution < -0.4 is 14.4 Å². The summed E-state index contributed by atoms with van der Waals surface area (Å²) in [7, 11) is 0. The number of hydrogen-bond donors (Lipinski definition) is 0. The van der Waals surface area contributed by atoms with Crippen molar-refractivity contribution in [1.29, 1.82) is 0 Å². The summed E-state index contributed by atoms with van der Waals surface area (Å²) < 4.78 is 11.3. The molecule has 150 valence electrons. The first-order valence-corrected chi connectivity index (χ1v) is 10.4. The van der Waals surface area contributed by atoms with Crippen molar-refractivity contribution < 1.29 is 14.3 Å². The average molecular weight is 390 g/mol. The highest BCUT2D eigenvalue weighted by Gasteiger charge is 2.48. The van der Waals surface area contributed by atoms with Gasteiger partial charge in [0.2, 0.25) is 0 Å². The number of amides is 1. The molecule has 5 heteroatoms. The molecule has 0 aromatic heterocycles. The van der Waals surface area contributed by atoms with Crippen LogP contribution in [0.2, 0.25) is 0 Å². The number of anilines is 1. The molecule has 0 radical (unpaired) electrons. The van der Waals surface area contributed by atoms with E-state index in [1.807, 2.05) is 23.1 Å². The summed E-state index contributed by atoms with van der Waals surface area (Å²) in [4.78, 5) is 20.3. The number of carbonyl (C=O) groups is 1. The van der Waals surface area contributed by atoms with Crippen molar-refractivity contribution in [3.05, 3.63) is 47.0 Å². The zero-order chi connectivity index (χ0) is 20.3. The van der Waals surface area contributed by atoms with Crippen LogP contribution in [0.4, 0.5) is 11.4 Å². The average Bonchev–Trinajstić information content (AvgIpc) is 2.98. The Morgan fingerprint density at radius 2 is 1.90 bits per heavy atom. The molecule has 2 aromatic carbocycles. The second kappa shape index (κ2) is 6.34. The Hall–Kier alpha value is -2.82. The Bertz CT molecular complexity index is 1050. The van der Waals surface area contributed by atoms with Crippen LogP contribution in [0.15, 0.2) is 35.3 Å². The van der Waals surface area contributed by atoms with E-state index < -0.39 is 0 Å². The number of benzene rings is 2. The van der Waals surface area contributed by atoms with Crippen LogP contribution in [-0.2, 0) is 11.2 Å². The predicted molar refractivity (Wildman–Crippen MR) is 114 cm³/mol. The van der Waals surface area contributed by atoms with Gasteiger partial charge < -0.3 is 14.4 Å². The van der Waals surface area contributed by atoms with E-state index in [1.165, 1.54) is 11.1 Å². The molecule has 0 spiro atoms. The molecule has 2 aromatic rings. The number of ether oxygens (including phenoxy) is 2. The third-order valence-corrected chi connectivity index (χ3v) is 6.20. The number of aryl methyl sites for hydroxylation is 1. The normalized spacial score (nSPS) is 22.8. The molecule has 1 atom stereocenters. The zero-order valence-corrected chi connectivity index (χ0v) is 17.4. The van der Waals surface area contributed by atoms with E-state index in [2.05, 4.69) is 39.8 Å². The van der Waals surface area contributed by atoms with E-state index in [4.69, 9.17) is 14.5 Å². The van der Waals surface area contributed by atoms with Crippen molar-refractivity contribution in [2.24, 2.45) is 4.99 Å². The fourth-order valence-corrected chi connectivity index (χ4v) is 4.92. The minimum atomic E-state index is -0.240. The molecule has 0 saturated heterocycles. The third kappa shape index (κ3) is 2.75. The molecule has 5 nitrogen and oxygen atoms in total. The highest BCUT2D eigenvalue weighted by atomic mass is 16.6. The van der Waals surface area contributed by atoms with Gasteiger partial charge in [0.15, 0.2) is 11.5 Å². The van der Waals surface area contributed by atoms with Gasteiger partial charge >= 0.3 is 0 Å². The largest absolute Gasteiger partial charge is 0.486 e. The van der Waals surface area contributed by atoms with Crippen LogP contribution in [0.3, 0.4) is 0 Å². The van der Waals surface area contributed by atoms with Gasteiger partial charge in [-0.25, -0.2) is 4.99 Å². The van der Waals surface area contributed by atoms with Crippen LogP contribution in [0.5, 0.6) is 11.5 Å². The summed E-state index contributed by atoms with van der Waals surface area (Å²) in [6.07, 6.45) is 1.87. The SMILES string of the molecule is CCc1cc2c3c(c1)[C@H](C)CC(C)(C)N3C(=O)C2=Nc1ccc2c(c1)OCCO2. The maximum Gasteiger partial charge on any atom is 0.278 e. The molecule has 0 fully saturated rings. The zero-order valence-electron chi connectivity index (χ0n) is 17.4. The Balaban J connectivity index is 1.69. The van der Waals surface area contributed by atoms with Crippen molar-refractivity contribution >= 4 is 23.0 Å². The van der Waals surface area contributed by atoms with Crippen LogP contribution >= 0.6 is 0 Å². The van der Waals surface area contributed by atoms with Gasteiger partial charge in [0, 0.05) is 17.2 Å². The maximum absolute atomic E-state index is 13.5. The van der Waals surface area contributed by atoms with Crippen molar-refractivity contribution in [2.45, 2.75) is 52.0 Å². The lowest BCUT2D eigenvalue weighted by molar-refractivity contribution is -0.113. The molecule has 0 aliphatic carbocycles. The Kier molecular flexibility index (Phi) is 3.99. The highest BCUT2D eigenvalue weighted by molar-refractivity contribution is 6.55. The van der Waals surface area contributed by atoms with E-state index in [1.54, 1.807) is 0 Å². The molecule has 29 heavy (non-hydrogen) atoms. The summed E-state index contributed by atoms with van der Waals surface area (Å²) >= 11 is 0. The Morgan fingerprint density at radius 1 is 1.14 bits per heavy atom. The number of hydrogen-bond acceptors (Lipinski definition) is 4. The van der Waals surface area contributed by atoms with Crippen LogP contribution in [0.25, 0.3) is 0 Å². The molecule has 1 amide bonds. The summed E-state index contributed by atoms with van der Waals surface area (Å²) in [5.74, 6) is 1.80. The summed E-state index contributed by atoms with van der Waals surface area (Å²) in [5, 5.41) is 0. The van der Waals surface area contributed by atoms with Crippen molar-refractivity contribution in [2.75, 3.05) is 18.1 Å². The summed E-state index contributed by atoms with van der Waals surface area (Å²) in [6.45, 7) is 9.78. The molecule has 3 heterocycles. The lowest BCUT2D eigenvalue weighted by Crippen LogP contribution is -2.50. The van der Waals surface area contributed by atoms with Gasteiger partial charge in [-0.2, -0.15) is 0 Å². The predicted octanol–water partition coefficient (Wildman–Crippen LogP) is 4.77. The molecule has 3 aliphatic rings. The Morgan fingerprint density at radius 3 is 2.66 bits per heavy atom.